The molecule has 0 aliphatic carbocycles. The van der Waals surface area contributed by atoms with Gasteiger partial charge in [0.1, 0.15) is 10.6 Å². The van der Waals surface area contributed by atoms with E-state index in [1.165, 1.54) is 32.8 Å². The lowest BCUT2D eigenvalue weighted by atomic mass is 10.2. The number of H-pyrrole nitrogens is 1. The number of sulfonamides is 1. The van der Waals surface area contributed by atoms with Gasteiger partial charge in [-0.15, -0.1) is 23.1 Å². The molecule has 158 valence electrons. The van der Waals surface area contributed by atoms with Gasteiger partial charge in [0.25, 0.3) is 5.91 Å². The first-order valence-electron chi connectivity index (χ1n) is 9.15. The van der Waals surface area contributed by atoms with Crippen LogP contribution in [0.2, 0.25) is 0 Å². The fourth-order valence-corrected chi connectivity index (χ4v) is 6.67. The van der Waals surface area contributed by atoms with Gasteiger partial charge in [-0.05, 0) is 24.5 Å². The largest absolute Gasteiger partial charge is 0.356 e. The summed E-state index contributed by atoms with van der Waals surface area (Å²) >= 11 is 4.73. The first-order chi connectivity index (χ1) is 14.5. The van der Waals surface area contributed by atoms with Gasteiger partial charge < -0.3 is 4.98 Å². The highest BCUT2D eigenvalue weighted by Gasteiger charge is 2.28. The minimum atomic E-state index is -3.59. The van der Waals surface area contributed by atoms with Crippen molar-refractivity contribution in [3.05, 3.63) is 47.6 Å². The highest BCUT2D eigenvalue weighted by atomic mass is 32.2. The number of hydrogen-bond donors (Lipinski definition) is 2. The predicted octanol–water partition coefficient (Wildman–Crippen LogP) is 3.85. The van der Waals surface area contributed by atoms with E-state index in [4.69, 9.17) is 0 Å². The summed E-state index contributed by atoms with van der Waals surface area (Å²) in [7, 11) is -3.59. The van der Waals surface area contributed by atoms with E-state index in [0.717, 1.165) is 22.8 Å². The Kier molecular flexibility index (Phi) is 6.54. The Hall–Kier alpha value is -1.79. The first-order valence-corrected chi connectivity index (χ1v) is 13.8. The van der Waals surface area contributed by atoms with E-state index < -0.39 is 15.9 Å². The highest BCUT2D eigenvalue weighted by Crippen LogP contribution is 2.27. The normalized spacial score (nSPS) is 15.2. The van der Waals surface area contributed by atoms with Crippen LogP contribution in [0.1, 0.15) is 10.5 Å². The first kappa shape index (κ1) is 21.4. The summed E-state index contributed by atoms with van der Waals surface area (Å²) in [5, 5.41) is 5.07. The Morgan fingerprint density at radius 3 is 2.67 bits per heavy atom. The van der Waals surface area contributed by atoms with Gasteiger partial charge >= 0.3 is 0 Å². The number of amides is 1. The summed E-state index contributed by atoms with van der Waals surface area (Å²) in [6.45, 7) is 0.971. The van der Waals surface area contributed by atoms with Crippen molar-refractivity contribution in [2.45, 2.75) is 9.79 Å². The summed E-state index contributed by atoms with van der Waals surface area (Å²) in [4.78, 5) is 21.1. The van der Waals surface area contributed by atoms with Gasteiger partial charge in [-0.3, -0.25) is 10.1 Å². The van der Waals surface area contributed by atoms with E-state index in [-0.39, 0.29) is 10.6 Å². The molecular formula is C19H20N4O3S4. The van der Waals surface area contributed by atoms with Crippen molar-refractivity contribution < 1.29 is 13.2 Å². The van der Waals surface area contributed by atoms with Crippen LogP contribution in [-0.4, -0.2) is 59.4 Å². The molecule has 0 unspecified atom stereocenters. The van der Waals surface area contributed by atoms with Crippen LogP contribution in [-0.2, 0) is 10.0 Å². The van der Waals surface area contributed by atoms with E-state index in [1.54, 1.807) is 23.5 Å². The maximum atomic E-state index is 12.7. The lowest BCUT2D eigenvalue weighted by Crippen LogP contribution is -2.37. The topological polar surface area (TPSA) is 95.2 Å². The monoisotopic (exact) mass is 480 g/mol. The minimum absolute atomic E-state index is 0.105. The van der Waals surface area contributed by atoms with Crippen molar-refractivity contribution in [2.75, 3.05) is 36.2 Å². The van der Waals surface area contributed by atoms with Crippen LogP contribution in [0.4, 0.5) is 5.13 Å². The molecule has 1 amide bonds. The van der Waals surface area contributed by atoms with Gasteiger partial charge in [0, 0.05) is 46.6 Å². The smallest absolute Gasteiger partial charge is 0.273 e. The molecule has 1 fully saturated rings. The third kappa shape index (κ3) is 4.59. The minimum Gasteiger partial charge on any atom is -0.356 e. The Balaban J connectivity index is 1.45. The molecule has 2 aromatic heterocycles. The second-order valence-electron chi connectivity index (χ2n) is 6.49. The van der Waals surface area contributed by atoms with Crippen molar-refractivity contribution in [1.82, 2.24) is 14.3 Å². The molecule has 1 aromatic carbocycles. The molecule has 1 aliphatic rings. The molecule has 4 rings (SSSR count). The summed E-state index contributed by atoms with van der Waals surface area (Å²) in [5.41, 5.74) is 1.93. The Morgan fingerprint density at radius 1 is 1.23 bits per heavy atom. The van der Waals surface area contributed by atoms with E-state index in [9.17, 15) is 13.2 Å². The number of thiazole rings is 1. The van der Waals surface area contributed by atoms with Crippen molar-refractivity contribution in [1.29, 1.82) is 0 Å². The lowest BCUT2D eigenvalue weighted by Gasteiger charge is -2.24. The van der Waals surface area contributed by atoms with Crippen LogP contribution < -0.4 is 5.32 Å². The fraction of sp³-hybridized carbons (Fsp3) is 0.263. The fourth-order valence-electron chi connectivity index (χ4n) is 2.98. The van der Waals surface area contributed by atoms with E-state index in [0.29, 0.717) is 18.2 Å². The molecule has 30 heavy (non-hydrogen) atoms. The van der Waals surface area contributed by atoms with Crippen LogP contribution in [0.3, 0.4) is 0 Å². The van der Waals surface area contributed by atoms with E-state index in [2.05, 4.69) is 15.3 Å². The predicted molar refractivity (Wildman–Crippen MR) is 124 cm³/mol. The summed E-state index contributed by atoms with van der Waals surface area (Å²) in [6, 6.07) is 9.42. The van der Waals surface area contributed by atoms with Crippen molar-refractivity contribution >= 4 is 55.9 Å². The lowest BCUT2D eigenvalue weighted by molar-refractivity contribution is 0.102. The van der Waals surface area contributed by atoms with Gasteiger partial charge in [-0.25, -0.2) is 13.4 Å². The molecule has 0 saturated carbocycles. The average molecular weight is 481 g/mol. The molecule has 7 nitrogen and oxygen atoms in total. The Morgan fingerprint density at radius 2 is 1.97 bits per heavy atom. The molecule has 0 bridgehead atoms. The molecule has 0 radical (unpaired) electrons. The Labute approximate surface area is 187 Å². The van der Waals surface area contributed by atoms with Gasteiger partial charge in [0.05, 0.1) is 5.69 Å². The van der Waals surface area contributed by atoms with E-state index in [1.807, 2.05) is 35.9 Å². The number of nitrogens with one attached hydrogen (secondary N) is 2. The SMILES string of the molecule is CSc1ccc(-c2csc(NC(=O)c3cc(S(=O)(=O)N4CCSCC4)c[nH]3)n2)cc1. The third-order valence-corrected chi connectivity index (χ3v) is 8.94. The summed E-state index contributed by atoms with van der Waals surface area (Å²) in [5.74, 6) is 1.14. The molecule has 11 heteroatoms. The van der Waals surface area contributed by atoms with Crippen molar-refractivity contribution in [3.8, 4) is 11.3 Å². The van der Waals surface area contributed by atoms with Gasteiger partial charge in [-0.2, -0.15) is 16.1 Å². The zero-order valence-electron chi connectivity index (χ0n) is 16.1. The second-order valence-corrected chi connectivity index (χ2v) is 11.4. The standard InChI is InChI=1S/C19H20N4O3S4/c1-27-14-4-2-13(3-5-14)17-12-29-19(21-17)22-18(24)16-10-15(11-20-16)30(25,26)23-6-8-28-9-7-23/h2-5,10-12,20H,6-9H2,1H3,(H,21,22,24). The molecule has 0 atom stereocenters. The zero-order valence-corrected chi connectivity index (χ0v) is 19.4. The average Bonchev–Trinajstić information content (AvgIpc) is 3.45. The zero-order chi connectivity index (χ0) is 21.1. The number of nitrogens with zero attached hydrogens (tertiary/aromatic N) is 2. The van der Waals surface area contributed by atoms with Gasteiger partial charge in [0.2, 0.25) is 10.0 Å². The highest BCUT2D eigenvalue weighted by molar-refractivity contribution is 7.99. The number of rotatable bonds is 6. The van der Waals surface area contributed by atoms with Gasteiger partial charge in [-0.1, -0.05) is 12.1 Å². The Bertz CT molecular complexity index is 1130. The van der Waals surface area contributed by atoms with Crippen LogP contribution >= 0.6 is 34.9 Å². The number of carbonyl (C=O) groups is 1. The van der Waals surface area contributed by atoms with E-state index >= 15 is 0 Å². The van der Waals surface area contributed by atoms with Crippen LogP contribution in [0, 0.1) is 0 Å². The number of anilines is 1. The van der Waals surface area contributed by atoms with Crippen LogP contribution in [0.25, 0.3) is 11.3 Å². The van der Waals surface area contributed by atoms with Crippen molar-refractivity contribution in [2.24, 2.45) is 0 Å². The number of benzene rings is 1. The third-order valence-electron chi connectivity index (χ3n) is 4.62. The van der Waals surface area contributed by atoms with Crippen LogP contribution in [0.15, 0.2) is 51.7 Å². The quantitative estimate of drug-likeness (QED) is 0.521. The number of hydrogen-bond acceptors (Lipinski definition) is 7. The second kappa shape index (κ2) is 9.15. The number of aromatic amines is 1. The molecule has 3 aromatic rings. The number of aromatic nitrogens is 2. The summed E-state index contributed by atoms with van der Waals surface area (Å²) in [6.07, 6.45) is 3.39. The molecule has 3 heterocycles. The molecule has 2 N–H and O–H groups in total. The summed E-state index contributed by atoms with van der Waals surface area (Å²) < 4.78 is 26.9. The van der Waals surface area contributed by atoms with Gasteiger partial charge in [0.15, 0.2) is 5.13 Å². The van der Waals surface area contributed by atoms with Crippen molar-refractivity contribution in [3.63, 3.8) is 0 Å². The van der Waals surface area contributed by atoms with Crippen LogP contribution in [0.5, 0.6) is 0 Å². The molecule has 0 spiro atoms. The molecular weight excluding hydrogens is 461 g/mol. The molecule has 1 aliphatic heterocycles. The maximum absolute atomic E-state index is 12.7. The number of thioether (sulfide) groups is 2. The number of carbonyl (C=O) groups excluding carboxylic acids is 1. The molecule has 1 saturated heterocycles. The maximum Gasteiger partial charge on any atom is 0.273 e.